The predicted molar refractivity (Wildman–Crippen MR) is 105 cm³/mol. The molecule has 1 aromatic carbocycles. The number of nitrogens with zero attached hydrogens (tertiary/aromatic N) is 2. The van der Waals surface area contributed by atoms with Gasteiger partial charge in [0.15, 0.2) is 0 Å². The maximum absolute atomic E-state index is 13.9. The summed E-state index contributed by atoms with van der Waals surface area (Å²) in [6, 6.07) is 3.63. The average molecular weight is 483 g/mol. The summed E-state index contributed by atoms with van der Waals surface area (Å²) < 4.78 is 19.0. The standard InChI is InChI=1S/C19H14BrClFN3O4/c1-29-19(28)11-3-2-6-25(11)15-12(21)16(26)13-14(17(15)27)24-18(23-13)8-4-5-9(20)10(22)7-8/h4-5,7,11H,2-3,6H2,1H3,(H,23,24)/t11-/m0/s1. The minimum absolute atomic E-state index is 0.0582. The van der Waals surface area contributed by atoms with E-state index in [-0.39, 0.29) is 32.4 Å². The molecule has 1 aliphatic carbocycles. The number of H-pyrrole nitrogens is 1. The van der Waals surface area contributed by atoms with Crippen LogP contribution in [0.2, 0.25) is 0 Å². The number of hydrogen-bond acceptors (Lipinski definition) is 6. The average Bonchev–Trinajstić information content (AvgIpc) is 3.36. The number of fused-ring (bicyclic) bond motifs is 1. The zero-order valence-corrected chi connectivity index (χ0v) is 17.4. The van der Waals surface area contributed by atoms with Crippen LogP contribution in [0.5, 0.6) is 0 Å². The van der Waals surface area contributed by atoms with Gasteiger partial charge in [0.05, 0.1) is 11.6 Å². The first-order chi connectivity index (χ1) is 13.8. The van der Waals surface area contributed by atoms with Gasteiger partial charge in [0.25, 0.3) is 0 Å². The highest BCUT2D eigenvalue weighted by Gasteiger charge is 2.43. The zero-order chi connectivity index (χ0) is 20.9. The third kappa shape index (κ3) is 3.18. The minimum atomic E-state index is -0.693. The lowest BCUT2D eigenvalue weighted by Crippen LogP contribution is -2.41. The summed E-state index contributed by atoms with van der Waals surface area (Å²) in [4.78, 5) is 46.5. The van der Waals surface area contributed by atoms with Crippen molar-refractivity contribution in [1.82, 2.24) is 14.9 Å². The number of hydrogen-bond donors (Lipinski definition) is 1. The summed E-state index contributed by atoms with van der Waals surface area (Å²) in [7, 11) is 1.26. The van der Waals surface area contributed by atoms with E-state index >= 15 is 0 Å². The Bertz CT molecular complexity index is 1100. The van der Waals surface area contributed by atoms with Gasteiger partial charge >= 0.3 is 5.97 Å². The van der Waals surface area contributed by atoms with E-state index in [0.29, 0.717) is 24.9 Å². The Morgan fingerprint density at radius 3 is 2.83 bits per heavy atom. The number of likely N-dealkylation sites (tertiary alicyclic amines) is 1. The van der Waals surface area contributed by atoms with Gasteiger partial charge in [-0.15, -0.1) is 0 Å². The van der Waals surface area contributed by atoms with Crippen molar-refractivity contribution in [2.24, 2.45) is 0 Å². The van der Waals surface area contributed by atoms with E-state index in [1.807, 2.05) is 0 Å². The Morgan fingerprint density at radius 2 is 2.14 bits per heavy atom. The SMILES string of the molecule is COC(=O)[C@@H]1CCCN1C1=C(Cl)C(=O)c2[nH]c(-c3ccc(Br)c(F)c3)nc2C1=O. The van der Waals surface area contributed by atoms with Crippen molar-refractivity contribution in [3.05, 3.63) is 50.6 Å². The molecule has 0 spiro atoms. The number of rotatable bonds is 3. The van der Waals surface area contributed by atoms with E-state index < -0.39 is 29.4 Å². The highest BCUT2D eigenvalue weighted by molar-refractivity contribution is 9.10. The summed E-state index contributed by atoms with van der Waals surface area (Å²) in [5, 5.41) is -0.282. The molecular weight excluding hydrogens is 469 g/mol. The molecular formula is C19H14BrClFN3O4. The van der Waals surface area contributed by atoms with Crippen LogP contribution in [-0.2, 0) is 9.53 Å². The van der Waals surface area contributed by atoms with Gasteiger partial charge in [-0.2, -0.15) is 0 Å². The number of allylic oxidation sites excluding steroid dienone is 2. The maximum atomic E-state index is 13.9. The van der Waals surface area contributed by atoms with E-state index in [2.05, 4.69) is 25.9 Å². The van der Waals surface area contributed by atoms with Crippen molar-refractivity contribution in [3.8, 4) is 11.4 Å². The van der Waals surface area contributed by atoms with E-state index in [1.165, 1.54) is 24.1 Å². The smallest absolute Gasteiger partial charge is 0.328 e. The number of carbonyl (C=O) groups excluding carboxylic acids is 3. The molecule has 0 saturated carbocycles. The molecule has 10 heteroatoms. The fraction of sp³-hybridized carbons (Fsp3) is 0.263. The molecule has 29 heavy (non-hydrogen) atoms. The van der Waals surface area contributed by atoms with Crippen LogP contribution in [0.3, 0.4) is 0 Å². The van der Waals surface area contributed by atoms with E-state index in [1.54, 1.807) is 6.07 Å². The summed E-state index contributed by atoms with van der Waals surface area (Å²) in [6.07, 6.45) is 1.13. The van der Waals surface area contributed by atoms with Gasteiger partial charge in [0.2, 0.25) is 11.6 Å². The normalized spacial score (nSPS) is 19.0. The van der Waals surface area contributed by atoms with Crippen LogP contribution in [0.1, 0.15) is 33.8 Å². The minimum Gasteiger partial charge on any atom is -0.467 e. The molecule has 0 unspecified atom stereocenters. The molecule has 0 amide bonds. The second-order valence-electron chi connectivity index (χ2n) is 6.63. The van der Waals surface area contributed by atoms with Crippen LogP contribution in [0.4, 0.5) is 4.39 Å². The number of methoxy groups -OCH3 is 1. The van der Waals surface area contributed by atoms with E-state index in [4.69, 9.17) is 16.3 Å². The molecule has 4 rings (SSSR count). The first-order valence-corrected chi connectivity index (χ1v) is 9.89. The van der Waals surface area contributed by atoms with Crippen LogP contribution < -0.4 is 0 Å². The molecule has 1 fully saturated rings. The number of benzene rings is 1. The molecule has 2 heterocycles. The number of imidazole rings is 1. The van der Waals surface area contributed by atoms with E-state index in [9.17, 15) is 18.8 Å². The van der Waals surface area contributed by atoms with Gasteiger partial charge in [-0.05, 0) is 47.0 Å². The number of ketones is 2. The molecule has 1 N–H and O–H groups in total. The molecule has 2 aromatic rings. The Morgan fingerprint density at radius 1 is 1.38 bits per heavy atom. The number of nitrogens with one attached hydrogen (secondary N) is 1. The molecule has 1 aliphatic heterocycles. The van der Waals surface area contributed by atoms with Gasteiger partial charge < -0.3 is 14.6 Å². The number of halogens is 3. The first-order valence-electron chi connectivity index (χ1n) is 8.72. The lowest BCUT2D eigenvalue weighted by molar-refractivity contribution is -0.145. The van der Waals surface area contributed by atoms with Crippen molar-refractivity contribution in [3.63, 3.8) is 0 Å². The quantitative estimate of drug-likeness (QED) is 0.674. The molecule has 1 atom stereocenters. The molecule has 1 aromatic heterocycles. The van der Waals surface area contributed by atoms with Crippen LogP contribution >= 0.6 is 27.5 Å². The maximum Gasteiger partial charge on any atom is 0.328 e. The summed E-state index contributed by atoms with van der Waals surface area (Å²) in [6.45, 7) is 0.384. The second kappa shape index (κ2) is 7.38. The van der Waals surface area contributed by atoms with Crippen molar-refractivity contribution < 1.29 is 23.5 Å². The number of ether oxygens (including phenoxy) is 1. The van der Waals surface area contributed by atoms with Crippen molar-refractivity contribution >= 4 is 45.1 Å². The lowest BCUT2D eigenvalue weighted by Gasteiger charge is -2.28. The number of esters is 1. The first kappa shape index (κ1) is 19.8. The highest BCUT2D eigenvalue weighted by Crippen LogP contribution is 2.35. The molecule has 0 bridgehead atoms. The van der Waals surface area contributed by atoms with Gasteiger partial charge in [0.1, 0.15) is 39.8 Å². The number of Topliss-reactive ketones (excluding diaryl/α,β-unsaturated/α-hetero) is 2. The van der Waals surface area contributed by atoms with Crippen LogP contribution in [0, 0.1) is 5.82 Å². The lowest BCUT2D eigenvalue weighted by atomic mass is 10.0. The molecule has 7 nitrogen and oxygen atoms in total. The summed E-state index contributed by atoms with van der Waals surface area (Å²) in [5.74, 6) is -2.02. The van der Waals surface area contributed by atoms with Gasteiger partial charge in [0, 0.05) is 12.1 Å². The summed E-state index contributed by atoms with van der Waals surface area (Å²) >= 11 is 9.33. The Labute approximate surface area is 178 Å². The van der Waals surface area contributed by atoms with Crippen LogP contribution in [-0.4, -0.2) is 52.1 Å². The Hall–Kier alpha value is -2.52. The zero-order valence-electron chi connectivity index (χ0n) is 15.1. The van der Waals surface area contributed by atoms with Crippen molar-refractivity contribution in [2.75, 3.05) is 13.7 Å². The topological polar surface area (TPSA) is 92.4 Å². The third-order valence-electron chi connectivity index (χ3n) is 4.97. The summed E-state index contributed by atoms with van der Waals surface area (Å²) in [5.41, 5.74) is 0.142. The fourth-order valence-electron chi connectivity index (χ4n) is 3.58. The number of carbonyl (C=O) groups is 3. The molecule has 0 radical (unpaired) electrons. The van der Waals surface area contributed by atoms with Crippen LogP contribution in [0.25, 0.3) is 11.4 Å². The predicted octanol–water partition coefficient (Wildman–Crippen LogP) is 3.45. The van der Waals surface area contributed by atoms with Crippen molar-refractivity contribution in [1.29, 1.82) is 0 Å². The van der Waals surface area contributed by atoms with Gasteiger partial charge in [-0.3, -0.25) is 9.59 Å². The van der Waals surface area contributed by atoms with Gasteiger partial charge in [-0.25, -0.2) is 14.2 Å². The second-order valence-corrected chi connectivity index (χ2v) is 7.87. The molecule has 2 aliphatic rings. The Balaban J connectivity index is 1.76. The Kier molecular flexibility index (Phi) is 5.04. The molecule has 1 saturated heterocycles. The largest absolute Gasteiger partial charge is 0.467 e. The monoisotopic (exact) mass is 481 g/mol. The highest BCUT2D eigenvalue weighted by atomic mass is 79.9. The van der Waals surface area contributed by atoms with Crippen molar-refractivity contribution in [2.45, 2.75) is 18.9 Å². The fourth-order valence-corrected chi connectivity index (χ4v) is 4.12. The molecule has 150 valence electrons. The number of aromatic nitrogens is 2. The van der Waals surface area contributed by atoms with Gasteiger partial charge in [-0.1, -0.05) is 11.6 Å². The van der Waals surface area contributed by atoms with E-state index in [0.717, 1.165) is 0 Å². The third-order valence-corrected chi connectivity index (χ3v) is 5.97. The number of aromatic amines is 1. The van der Waals surface area contributed by atoms with Crippen LogP contribution in [0.15, 0.2) is 33.4 Å².